The van der Waals surface area contributed by atoms with E-state index in [-0.39, 0.29) is 0 Å². The zero-order valence-electron chi connectivity index (χ0n) is 20.3. The Balaban J connectivity index is 3.97. The first kappa shape index (κ1) is 28.9. The van der Waals surface area contributed by atoms with E-state index in [9.17, 15) is 0 Å². The monoisotopic (exact) mass is 477 g/mol. The van der Waals surface area contributed by atoms with Crippen molar-refractivity contribution in [3.8, 4) is 0 Å². The summed E-state index contributed by atoms with van der Waals surface area (Å²) < 4.78 is 0. The molecule has 0 heterocycles. The van der Waals surface area contributed by atoms with Crippen LogP contribution in [0.1, 0.15) is 150 Å². The van der Waals surface area contributed by atoms with Crippen LogP contribution in [0.3, 0.4) is 0 Å². The lowest BCUT2D eigenvalue weighted by atomic mass is 10.0. The first-order valence-corrected chi connectivity index (χ1v) is 17.5. The predicted octanol–water partition coefficient (Wildman–Crippen LogP) is 11.2. The molecular formula is C26H55BrP+. The van der Waals surface area contributed by atoms with Crippen LogP contribution in [0.15, 0.2) is 0 Å². The van der Waals surface area contributed by atoms with Gasteiger partial charge in [0.15, 0.2) is 0 Å². The largest absolute Gasteiger partial charge is 0.139 e. The van der Waals surface area contributed by atoms with Crippen LogP contribution in [0.4, 0.5) is 0 Å². The Morgan fingerprint density at radius 3 is 1.25 bits per heavy atom. The molecule has 0 aromatic heterocycles. The molecule has 0 aromatic carbocycles. The number of rotatable bonds is 22. The fraction of sp³-hybridized carbons (Fsp3) is 1.00. The van der Waals surface area contributed by atoms with Gasteiger partial charge < -0.3 is 0 Å². The molecule has 170 valence electrons. The maximum Gasteiger partial charge on any atom is 0.139 e. The quantitative estimate of drug-likeness (QED) is 0.107. The third kappa shape index (κ3) is 15.7. The molecule has 0 saturated heterocycles. The summed E-state index contributed by atoms with van der Waals surface area (Å²) in [4.78, 5) is 0. The summed E-state index contributed by atoms with van der Waals surface area (Å²) in [6, 6.07) is 0. The molecule has 0 saturated carbocycles. The van der Waals surface area contributed by atoms with Gasteiger partial charge in [-0.2, -0.15) is 0 Å². The topological polar surface area (TPSA) is 0 Å². The fourth-order valence-corrected chi connectivity index (χ4v) is 11.2. The van der Waals surface area contributed by atoms with Gasteiger partial charge in [-0.3, -0.25) is 0 Å². The summed E-state index contributed by atoms with van der Waals surface area (Å²) in [6.45, 7) is 9.42. The third-order valence-corrected chi connectivity index (χ3v) is 14.2. The summed E-state index contributed by atoms with van der Waals surface area (Å²) in [5, 5.41) is 0. The van der Waals surface area contributed by atoms with Gasteiger partial charge in [-0.05, 0) is 32.1 Å². The van der Waals surface area contributed by atoms with Crippen molar-refractivity contribution in [2.75, 3.05) is 12.3 Å². The number of unbranched alkanes of at least 4 members (excludes halogenated alkanes) is 13. The molecule has 28 heavy (non-hydrogen) atoms. The minimum atomic E-state index is -0.899. The molecule has 1 unspecified atom stereocenters. The van der Waals surface area contributed by atoms with Gasteiger partial charge in [-0.1, -0.05) is 118 Å². The van der Waals surface area contributed by atoms with Crippen LogP contribution in [-0.4, -0.2) is 18.0 Å². The van der Waals surface area contributed by atoms with Crippen molar-refractivity contribution in [3.63, 3.8) is 0 Å². The van der Waals surface area contributed by atoms with E-state index in [0.717, 1.165) is 5.66 Å². The molecule has 2 heteroatoms. The Hall–Kier alpha value is 0.910. The second kappa shape index (κ2) is 21.2. The molecule has 0 bridgehead atoms. The van der Waals surface area contributed by atoms with E-state index in [0.29, 0.717) is 0 Å². The first-order chi connectivity index (χ1) is 13.6. The normalized spacial score (nSPS) is 13.2. The smallest absolute Gasteiger partial charge is 0.0654 e. The van der Waals surface area contributed by atoms with Crippen LogP contribution < -0.4 is 0 Å². The highest BCUT2D eigenvalue weighted by atomic mass is 79.9. The van der Waals surface area contributed by atoms with Gasteiger partial charge >= 0.3 is 0 Å². The Morgan fingerprint density at radius 1 is 0.464 bits per heavy atom. The van der Waals surface area contributed by atoms with E-state index in [1.54, 1.807) is 0 Å². The van der Waals surface area contributed by atoms with Crippen LogP contribution in [0.5, 0.6) is 0 Å². The van der Waals surface area contributed by atoms with E-state index in [1.807, 2.05) is 0 Å². The van der Waals surface area contributed by atoms with Crippen LogP contribution in [0.2, 0.25) is 0 Å². The number of halogens is 1. The molecule has 0 aromatic rings. The van der Waals surface area contributed by atoms with E-state index in [2.05, 4.69) is 43.2 Å². The number of hydrogen-bond acceptors (Lipinski definition) is 0. The van der Waals surface area contributed by atoms with Gasteiger partial charge in [-0.15, -0.1) is 0 Å². The Morgan fingerprint density at radius 2 is 0.857 bits per heavy atom. The molecule has 0 aliphatic rings. The van der Waals surface area contributed by atoms with Crippen molar-refractivity contribution < 1.29 is 0 Å². The summed E-state index contributed by atoms with van der Waals surface area (Å²) in [6.07, 6.45) is 30.5. The average Bonchev–Trinajstić information content (AvgIpc) is 2.70. The highest BCUT2D eigenvalue weighted by molar-refractivity contribution is 9.42. The molecule has 0 N–H and O–H groups in total. The van der Waals surface area contributed by atoms with Crippen molar-refractivity contribution in [1.82, 2.24) is 0 Å². The molecule has 0 fully saturated rings. The first-order valence-electron chi connectivity index (χ1n) is 13.2. The van der Waals surface area contributed by atoms with Gasteiger partial charge in [0.1, 0.15) is 15.5 Å². The van der Waals surface area contributed by atoms with Crippen molar-refractivity contribution in [1.29, 1.82) is 0 Å². The van der Waals surface area contributed by atoms with Gasteiger partial charge in [0, 0.05) is 0 Å². The second-order valence-corrected chi connectivity index (χ2v) is 16.9. The van der Waals surface area contributed by atoms with Crippen molar-refractivity contribution in [3.05, 3.63) is 0 Å². The van der Waals surface area contributed by atoms with E-state index in [4.69, 9.17) is 0 Å². The predicted molar refractivity (Wildman–Crippen MR) is 140 cm³/mol. The van der Waals surface area contributed by atoms with E-state index >= 15 is 0 Å². The lowest BCUT2D eigenvalue weighted by Gasteiger charge is -2.29. The second-order valence-electron chi connectivity index (χ2n) is 9.20. The third-order valence-electron chi connectivity index (χ3n) is 6.43. The Bertz CT molecular complexity index is 297. The molecule has 0 radical (unpaired) electrons. The molecular weight excluding hydrogens is 423 g/mol. The SMILES string of the molecule is CCCCCCCCCCCCCCC(CCC)[P+](Br)(CCCC)CCCC. The van der Waals surface area contributed by atoms with E-state index in [1.165, 1.54) is 134 Å². The zero-order chi connectivity index (χ0) is 20.9. The summed E-state index contributed by atoms with van der Waals surface area (Å²) in [7, 11) is 0. The lowest BCUT2D eigenvalue weighted by Crippen LogP contribution is -2.16. The molecule has 0 aliphatic heterocycles. The molecule has 0 nitrogen and oxygen atoms in total. The van der Waals surface area contributed by atoms with Gasteiger partial charge in [0.05, 0.1) is 23.9 Å². The maximum atomic E-state index is 4.40. The van der Waals surface area contributed by atoms with E-state index < -0.39 is 5.96 Å². The van der Waals surface area contributed by atoms with Crippen LogP contribution in [-0.2, 0) is 0 Å². The average molecular weight is 479 g/mol. The van der Waals surface area contributed by atoms with Crippen molar-refractivity contribution in [2.45, 2.75) is 155 Å². The fourth-order valence-electron chi connectivity index (χ4n) is 4.48. The van der Waals surface area contributed by atoms with Gasteiger partial charge in [-0.25, -0.2) is 0 Å². The number of hydrogen-bond donors (Lipinski definition) is 0. The standard InChI is InChI=1S/C26H55BrP/c1-5-9-12-13-14-15-16-17-18-19-20-21-23-26(22-8-4)28(27,24-10-6-2)25-11-7-3/h26H,5-25H2,1-4H3/q+1. The molecule has 1 atom stereocenters. The van der Waals surface area contributed by atoms with Crippen LogP contribution >= 0.6 is 21.5 Å². The zero-order valence-corrected chi connectivity index (χ0v) is 22.7. The van der Waals surface area contributed by atoms with Crippen molar-refractivity contribution >= 4 is 21.5 Å². The molecule has 0 rings (SSSR count). The lowest BCUT2D eigenvalue weighted by molar-refractivity contribution is 0.532. The minimum Gasteiger partial charge on any atom is -0.0654 e. The summed E-state index contributed by atoms with van der Waals surface area (Å²) >= 11 is 4.40. The van der Waals surface area contributed by atoms with Crippen LogP contribution in [0.25, 0.3) is 0 Å². The molecule has 0 amide bonds. The summed E-state index contributed by atoms with van der Waals surface area (Å²) in [5.41, 5.74) is 0.999. The Labute approximate surface area is 188 Å². The minimum absolute atomic E-state index is 0.899. The summed E-state index contributed by atoms with van der Waals surface area (Å²) in [5.74, 6) is -0.899. The van der Waals surface area contributed by atoms with Crippen LogP contribution in [0, 0.1) is 0 Å². The highest BCUT2D eigenvalue weighted by Gasteiger charge is 2.41. The highest BCUT2D eigenvalue weighted by Crippen LogP contribution is 2.72. The molecule has 0 aliphatic carbocycles. The maximum absolute atomic E-state index is 4.40. The Kier molecular flexibility index (Phi) is 21.8. The van der Waals surface area contributed by atoms with Crippen molar-refractivity contribution in [2.24, 2.45) is 0 Å². The molecule has 0 spiro atoms. The van der Waals surface area contributed by atoms with Gasteiger partial charge in [0.2, 0.25) is 0 Å². The van der Waals surface area contributed by atoms with Gasteiger partial charge in [0.25, 0.3) is 0 Å².